The van der Waals surface area contributed by atoms with Crippen LogP contribution < -0.4 is 8.85 Å². The van der Waals surface area contributed by atoms with E-state index >= 15 is 0 Å². The van der Waals surface area contributed by atoms with E-state index in [9.17, 15) is 4.79 Å². The van der Waals surface area contributed by atoms with E-state index in [2.05, 4.69) is 123 Å². The number of halogens is 3. The molecule has 44 heavy (non-hydrogen) atoms. The van der Waals surface area contributed by atoms with E-state index < -0.39 is 32.1 Å². The average molecular weight is 701 g/mol. The van der Waals surface area contributed by atoms with Gasteiger partial charge < -0.3 is 13.6 Å². The molecule has 246 valence electrons. The number of hydrogen-bond donors (Lipinski definition) is 0. The minimum absolute atomic E-state index is 0.0668. The van der Waals surface area contributed by atoms with Crippen molar-refractivity contribution < 1.29 is 18.4 Å². The van der Waals surface area contributed by atoms with Crippen LogP contribution >= 0.6 is 34.8 Å². The highest BCUT2D eigenvalue weighted by atomic mass is 35.6. The number of benzene rings is 1. The molecule has 1 fully saturated rings. The van der Waals surface area contributed by atoms with Crippen molar-refractivity contribution in [1.82, 2.24) is 4.90 Å². The van der Waals surface area contributed by atoms with Crippen LogP contribution in [0.3, 0.4) is 0 Å². The van der Waals surface area contributed by atoms with Gasteiger partial charge >= 0.3 is 6.09 Å². The molecule has 10 heteroatoms. The van der Waals surface area contributed by atoms with Crippen molar-refractivity contribution in [3.8, 4) is 11.5 Å². The maximum absolute atomic E-state index is 13.3. The largest absolute Gasteiger partial charge is 0.543 e. The molecule has 2 atom stereocenters. The van der Waals surface area contributed by atoms with Crippen LogP contribution in [0.1, 0.15) is 73.3 Å². The summed E-state index contributed by atoms with van der Waals surface area (Å²) < 4.78 is 17.3. The Labute approximate surface area is 283 Å². The summed E-state index contributed by atoms with van der Waals surface area (Å²) in [4.78, 5) is 15.1. The van der Waals surface area contributed by atoms with Crippen LogP contribution in [0.2, 0.25) is 36.3 Å². The Hall–Kier alpha value is -1.39. The molecular formula is C34H52Cl3NO4Si2. The maximum atomic E-state index is 13.3. The molecule has 3 rings (SSSR count). The summed E-state index contributed by atoms with van der Waals surface area (Å²) in [5.41, 5.74) is 1.62. The predicted octanol–water partition coefficient (Wildman–Crippen LogP) is 11.3. The van der Waals surface area contributed by atoms with Crippen molar-refractivity contribution in [2.75, 3.05) is 13.2 Å². The lowest BCUT2D eigenvalue weighted by molar-refractivity contribution is 0.0699. The smallest absolute Gasteiger partial charge is 0.410 e. The molecule has 1 aliphatic carbocycles. The highest BCUT2D eigenvalue weighted by Gasteiger charge is 2.47. The molecule has 2 aliphatic rings. The fourth-order valence-electron chi connectivity index (χ4n) is 5.01. The van der Waals surface area contributed by atoms with Gasteiger partial charge in [-0.25, -0.2) is 4.79 Å². The molecule has 0 radical (unpaired) electrons. The van der Waals surface area contributed by atoms with Gasteiger partial charge in [-0.1, -0.05) is 114 Å². The predicted molar refractivity (Wildman–Crippen MR) is 192 cm³/mol. The van der Waals surface area contributed by atoms with Gasteiger partial charge in [0.15, 0.2) is 0 Å². The van der Waals surface area contributed by atoms with Gasteiger partial charge in [-0.2, -0.15) is 0 Å². The zero-order valence-electron chi connectivity index (χ0n) is 28.4. The average Bonchev–Trinajstić information content (AvgIpc) is 3.24. The van der Waals surface area contributed by atoms with Gasteiger partial charge in [0.1, 0.15) is 18.1 Å². The summed E-state index contributed by atoms with van der Waals surface area (Å²) in [6.45, 7) is 24.8. The number of hydrogen-bond acceptors (Lipinski definition) is 4. The van der Waals surface area contributed by atoms with Crippen molar-refractivity contribution in [3.63, 3.8) is 0 Å². The second kappa shape index (κ2) is 13.4. The van der Waals surface area contributed by atoms with Gasteiger partial charge in [0.05, 0.1) is 5.54 Å². The molecule has 0 N–H and O–H groups in total. The standard InChI is InChI=1S/C34H52Cl3NO4Si2/c1-25-17-19-33(38(23-25)30(39)40-24-34(35,36)37)18-13-16-27(33)15-12-14-26-20-28(41-43(8,9)31(2,3)4)22-29(21-26)42-44(10,11)32(5,6)7/h12,14-15,17,19-22,25H,13,16,18,23-24H2,1-11H3/b14-12+,27-15+/t25-,33+/m1/s1. The number of allylic oxidation sites excluding steroid dienone is 2. The zero-order valence-corrected chi connectivity index (χ0v) is 32.7. The molecule has 1 aromatic carbocycles. The van der Waals surface area contributed by atoms with Crippen molar-refractivity contribution in [1.29, 1.82) is 0 Å². The Kier molecular flexibility index (Phi) is 11.3. The zero-order chi connectivity index (χ0) is 33.4. The Morgan fingerprint density at radius 1 is 0.977 bits per heavy atom. The van der Waals surface area contributed by atoms with Crippen LogP contribution in [-0.4, -0.2) is 50.1 Å². The molecule has 1 heterocycles. The third-order valence-corrected chi connectivity index (χ3v) is 18.7. The molecule has 1 aliphatic heterocycles. The third-order valence-electron chi connectivity index (χ3n) is 9.64. The van der Waals surface area contributed by atoms with Gasteiger partial charge in [0.25, 0.3) is 0 Å². The first kappa shape index (κ1) is 37.1. The summed E-state index contributed by atoms with van der Waals surface area (Å²) in [7, 11) is -4.14. The lowest BCUT2D eigenvalue weighted by atomic mass is 9.84. The van der Waals surface area contributed by atoms with Gasteiger partial charge in [-0.3, -0.25) is 4.90 Å². The van der Waals surface area contributed by atoms with E-state index in [1.807, 2.05) is 0 Å². The lowest BCUT2D eigenvalue weighted by Gasteiger charge is -2.43. The first-order valence-electron chi connectivity index (χ1n) is 15.6. The normalized spacial score (nSPS) is 22.7. The van der Waals surface area contributed by atoms with Crippen LogP contribution in [-0.2, 0) is 4.74 Å². The molecule has 0 unspecified atom stereocenters. The van der Waals surface area contributed by atoms with E-state index in [0.717, 1.165) is 41.9 Å². The van der Waals surface area contributed by atoms with Crippen LogP contribution in [0.4, 0.5) is 4.79 Å². The number of carbonyl (C=O) groups is 1. The van der Waals surface area contributed by atoms with Crippen LogP contribution in [0.25, 0.3) is 6.08 Å². The first-order valence-corrected chi connectivity index (χ1v) is 22.5. The maximum Gasteiger partial charge on any atom is 0.410 e. The topological polar surface area (TPSA) is 48.0 Å². The van der Waals surface area contributed by atoms with Crippen LogP contribution in [0.5, 0.6) is 11.5 Å². The Morgan fingerprint density at radius 2 is 1.52 bits per heavy atom. The molecule has 1 aromatic rings. The summed E-state index contributed by atoms with van der Waals surface area (Å²) in [6.07, 6.45) is 12.8. The van der Waals surface area contributed by atoms with Gasteiger partial charge in [-0.05, 0) is 84.7 Å². The quantitative estimate of drug-likeness (QED) is 0.161. The number of nitrogens with zero attached hydrogens (tertiary/aromatic N) is 1. The third kappa shape index (κ3) is 9.12. The second-order valence-electron chi connectivity index (χ2n) is 15.4. The minimum Gasteiger partial charge on any atom is -0.543 e. The molecule has 0 saturated heterocycles. The van der Waals surface area contributed by atoms with Gasteiger partial charge in [-0.15, -0.1) is 0 Å². The second-order valence-corrected chi connectivity index (χ2v) is 27.4. The van der Waals surface area contributed by atoms with Crippen molar-refractivity contribution in [2.24, 2.45) is 5.92 Å². The molecule has 0 bridgehead atoms. The number of carbonyl (C=O) groups excluding carboxylic acids is 1. The van der Waals surface area contributed by atoms with Crippen molar-refractivity contribution in [2.45, 2.75) is 113 Å². The number of rotatable bonds is 7. The van der Waals surface area contributed by atoms with E-state index in [-0.39, 0.29) is 22.6 Å². The van der Waals surface area contributed by atoms with E-state index in [1.54, 1.807) is 4.90 Å². The summed E-state index contributed by atoms with van der Waals surface area (Å²) >= 11 is 17.6. The van der Waals surface area contributed by atoms with E-state index in [0.29, 0.717) is 6.54 Å². The fourth-order valence-corrected chi connectivity index (χ4v) is 7.20. The first-order chi connectivity index (χ1) is 20.0. The van der Waals surface area contributed by atoms with Gasteiger partial charge in [0.2, 0.25) is 20.4 Å². The van der Waals surface area contributed by atoms with E-state index in [4.69, 9.17) is 48.4 Å². The minimum atomic E-state index is -2.07. The molecule has 1 spiro atoms. The lowest BCUT2D eigenvalue weighted by Crippen LogP contribution is -2.54. The molecule has 1 saturated carbocycles. The number of ether oxygens (including phenoxy) is 1. The summed E-state index contributed by atoms with van der Waals surface area (Å²) in [5, 5.41) is 0.134. The summed E-state index contributed by atoms with van der Waals surface area (Å²) in [6, 6.07) is 6.25. The fraction of sp³-hybridized carbons (Fsp3) is 0.618. The highest BCUT2D eigenvalue weighted by Crippen LogP contribution is 2.45. The van der Waals surface area contributed by atoms with Crippen LogP contribution in [0.15, 0.2) is 48.1 Å². The van der Waals surface area contributed by atoms with Crippen LogP contribution in [0, 0.1) is 5.92 Å². The Balaban J connectivity index is 1.98. The van der Waals surface area contributed by atoms with Crippen molar-refractivity contribution in [3.05, 3.63) is 53.6 Å². The molecule has 5 nitrogen and oxygen atoms in total. The molecular weight excluding hydrogens is 649 g/mol. The summed E-state index contributed by atoms with van der Waals surface area (Å²) in [5.74, 6) is 1.87. The molecule has 0 aromatic heterocycles. The highest BCUT2D eigenvalue weighted by molar-refractivity contribution is 6.75. The molecule has 1 amide bonds. The number of amides is 1. The monoisotopic (exact) mass is 699 g/mol. The Morgan fingerprint density at radius 3 is 2.02 bits per heavy atom. The van der Waals surface area contributed by atoms with E-state index in [1.165, 1.54) is 0 Å². The number of alkyl halides is 3. The van der Waals surface area contributed by atoms with Gasteiger partial charge in [0, 0.05) is 12.6 Å². The Bertz CT molecular complexity index is 1240. The SMILES string of the molecule is C[C@@H]1C=C[C@]2(CCC/C2=C\C=C\c2cc(O[Si](C)(C)C(C)(C)C)cc(O[Si](C)(C)C(C)(C)C)c2)N(C(=O)OCC(Cl)(Cl)Cl)C1. The van der Waals surface area contributed by atoms with Crippen molar-refractivity contribution >= 4 is 63.6 Å².